The van der Waals surface area contributed by atoms with Gasteiger partial charge in [-0.15, -0.1) is 0 Å². The van der Waals surface area contributed by atoms with E-state index in [1.54, 1.807) is 0 Å². The van der Waals surface area contributed by atoms with Gasteiger partial charge in [-0.3, -0.25) is 4.98 Å². The van der Waals surface area contributed by atoms with E-state index in [0.29, 0.717) is 17.4 Å². The van der Waals surface area contributed by atoms with Crippen LogP contribution >= 0.6 is 0 Å². The summed E-state index contributed by atoms with van der Waals surface area (Å²) in [6, 6.07) is 5.73. The van der Waals surface area contributed by atoms with Crippen LogP contribution in [0.25, 0.3) is 10.9 Å². The summed E-state index contributed by atoms with van der Waals surface area (Å²) in [5, 5.41) is 10.3. The molecule has 2 unspecified atom stereocenters. The number of carboxylic acid groups (broad SMARTS) is 1. The standard InChI is InChI=1S/C16H17NO3/c1-8-4-5-12-11(6-8)15(16(18)19)14-10(3)20-9(2)7-13(14)17-12/h4-6,9-10H,7H2,1-3H3,(H,18,19). The third kappa shape index (κ3) is 1.96. The lowest BCUT2D eigenvalue weighted by atomic mass is 9.92. The first kappa shape index (κ1) is 13.1. The molecular weight excluding hydrogens is 254 g/mol. The summed E-state index contributed by atoms with van der Waals surface area (Å²) >= 11 is 0. The number of carboxylic acids is 1. The molecule has 4 nitrogen and oxygen atoms in total. The number of benzene rings is 1. The fraction of sp³-hybridized carbons (Fsp3) is 0.375. The number of aromatic nitrogens is 1. The van der Waals surface area contributed by atoms with Crippen LogP contribution in [-0.2, 0) is 11.2 Å². The molecule has 0 amide bonds. The van der Waals surface area contributed by atoms with Gasteiger partial charge in [-0.1, -0.05) is 11.6 Å². The van der Waals surface area contributed by atoms with Gasteiger partial charge in [0, 0.05) is 17.4 Å². The Bertz CT molecular complexity index is 708. The molecule has 20 heavy (non-hydrogen) atoms. The van der Waals surface area contributed by atoms with Crippen LogP contribution in [-0.4, -0.2) is 22.2 Å². The van der Waals surface area contributed by atoms with Gasteiger partial charge in [-0.2, -0.15) is 0 Å². The van der Waals surface area contributed by atoms with Crippen LogP contribution < -0.4 is 0 Å². The van der Waals surface area contributed by atoms with Crippen molar-refractivity contribution in [1.29, 1.82) is 0 Å². The first-order chi connectivity index (χ1) is 9.47. The fourth-order valence-electron chi connectivity index (χ4n) is 3.00. The van der Waals surface area contributed by atoms with Crippen molar-refractivity contribution in [2.75, 3.05) is 0 Å². The van der Waals surface area contributed by atoms with Crippen molar-refractivity contribution in [3.05, 3.63) is 40.6 Å². The number of hydrogen-bond acceptors (Lipinski definition) is 3. The number of pyridine rings is 1. The van der Waals surface area contributed by atoms with E-state index in [2.05, 4.69) is 4.98 Å². The maximum atomic E-state index is 11.7. The average molecular weight is 271 g/mol. The number of rotatable bonds is 1. The predicted molar refractivity (Wildman–Crippen MR) is 76.1 cm³/mol. The molecule has 0 fully saturated rings. The van der Waals surface area contributed by atoms with E-state index in [-0.39, 0.29) is 12.2 Å². The van der Waals surface area contributed by atoms with Gasteiger partial charge >= 0.3 is 5.97 Å². The number of fused-ring (bicyclic) bond motifs is 2. The van der Waals surface area contributed by atoms with Gasteiger partial charge in [-0.25, -0.2) is 4.79 Å². The van der Waals surface area contributed by atoms with E-state index in [9.17, 15) is 9.90 Å². The van der Waals surface area contributed by atoms with Crippen molar-refractivity contribution in [2.45, 2.75) is 39.4 Å². The highest BCUT2D eigenvalue weighted by molar-refractivity contribution is 6.04. The number of aromatic carboxylic acids is 1. The first-order valence-corrected chi connectivity index (χ1v) is 6.79. The summed E-state index contributed by atoms with van der Waals surface area (Å²) in [7, 11) is 0. The Morgan fingerprint density at radius 2 is 2.15 bits per heavy atom. The number of hydrogen-bond donors (Lipinski definition) is 1. The van der Waals surface area contributed by atoms with Crippen LogP contribution in [0.1, 0.15) is 47.1 Å². The van der Waals surface area contributed by atoms with E-state index in [4.69, 9.17) is 4.74 Å². The molecule has 104 valence electrons. The lowest BCUT2D eigenvalue weighted by molar-refractivity contribution is -0.00661. The zero-order valence-electron chi connectivity index (χ0n) is 11.8. The minimum absolute atomic E-state index is 0.0644. The van der Waals surface area contributed by atoms with Gasteiger partial charge in [0.1, 0.15) is 0 Å². The van der Waals surface area contributed by atoms with E-state index in [0.717, 1.165) is 22.3 Å². The summed E-state index contributed by atoms with van der Waals surface area (Å²) in [6.45, 7) is 5.83. The molecule has 1 aliphatic heterocycles. The largest absolute Gasteiger partial charge is 0.478 e. The molecule has 0 saturated carbocycles. The highest BCUT2D eigenvalue weighted by atomic mass is 16.5. The minimum atomic E-state index is -0.913. The molecule has 0 bridgehead atoms. The highest BCUT2D eigenvalue weighted by Crippen LogP contribution is 2.35. The van der Waals surface area contributed by atoms with Crippen molar-refractivity contribution in [2.24, 2.45) is 0 Å². The van der Waals surface area contributed by atoms with Crippen LogP contribution in [0.3, 0.4) is 0 Å². The van der Waals surface area contributed by atoms with E-state index < -0.39 is 5.97 Å². The molecular formula is C16H17NO3. The zero-order chi connectivity index (χ0) is 14.4. The lowest BCUT2D eigenvalue weighted by Crippen LogP contribution is -2.26. The summed E-state index contributed by atoms with van der Waals surface area (Å²) < 4.78 is 5.78. The van der Waals surface area contributed by atoms with Crippen molar-refractivity contribution in [3.8, 4) is 0 Å². The third-order valence-corrected chi connectivity index (χ3v) is 3.79. The molecule has 1 aliphatic rings. The van der Waals surface area contributed by atoms with Gasteiger partial charge in [0.25, 0.3) is 0 Å². The molecule has 2 atom stereocenters. The molecule has 0 saturated heterocycles. The Morgan fingerprint density at radius 3 is 2.85 bits per heavy atom. The molecule has 0 aliphatic carbocycles. The maximum absolute atomic E-state index is 11.7. The van der Waals surface area contributed by atoms with Gasteiger partial charge < -0.3 is 9.84 Å². The summed E-state index contributed by atoms with van der Waals surface area (Å²) in [6.07, 6.45) is 0.482. The van der Waals surface area contributed by atoms with Crippen LogP contribution in [0.15, 0.2) is 18.2 Å². The summed E-state index contributed by atoms with van der Waals surface area (Å²) in [4.78, 5) is 16.4. The van der Waals surface area contributed by atoms with Crippen molar-refractivity contribution >= 4 is 16.9 Å². The predicted octanol–water partition coefficient (Wildman–Crippen LogP) is 3.26. The van der Waals surface area contributed by atoms with E-state index >= 15 is 0 Å². The number of ether oxygens (including phenoxy) is 1. The van der Waals surface area contributed by atoms with Crippen LogP contribution in [0.4, 0.5) is 0 Å². The van der Waals surface area contributed by atoms with Gasteiger partial charge in [-0.05, 0) is 32.9 Å². The Labute approximate surface area is 117 Å². The number of nitrogens with zero attached hydrogens (tertiary/aromatic N) is 1. The maximum Gasteiger partial charge on any atom is 0.336 e. The Kier molecular flexibility index (Phi) is 2.98. The van der Waals surface area contributed by atoms with Crippen LogP contribution in [0, 0.1) is 6.92 Å². The molecule has 1 aromatic carbocycles. The normalized spacial score (nSPS) is 21.8. The average Bonchev–Trinajstić information content (AvgIpc) is 2.36. The smallest absolute Gasteiger partial charge is 0.336 e. The summed E-state index contributed by atoms with van der Waals surface area (Å²) in [5.74, 6) is -0.913. The van der Waals surface area contributed by atoms with Gasteiger partial charge in [0.15, 0.2) is 0 Å². The van der Waals surface area contributed by atoms with Crippen LogP contribution in [0.2, 0.25) is 0 Å². The zero-order valence-corrected chi connectivity index (χ0v) is 11.8. The van der Waals surface area contributed by atoms with Gasteiger partial charge in [0.2, 0.25) is 0 Å². The van der Waals surface area contributed by atoms with E-state index in [1.165, 1.54) is 0 Å². The Morgan fingerprint density at radius 1 is 1.40 bits per heavy atom. The quantitative estimate of drug-likeness (QED) is 0.864. The molecule has 2 heterocycles. The number of carbonyl (C=O) groups is 1. The fourth-order valence-corrected chi connectivity index (χ4v) is 3.00. The first-order valence-electron chi connectivity index (χ1n) is 6.79. The van der Waals surface area contributed by atoms with Gasteiger partial charge in [0.05, 0.1) is 29.0 Å². The van der Waals surface area contributed by atoms with Crippen LogP contribution in [0.5, 0.6) is 0 Å². The SMILES string of the molecule is Cc1ccc2nc3c(c(C(=O)O)c2c1)C(C)OC(C)C3. The molecule has 0 spiro atoms. The molecule has 1 aromatic heterocycles. The monoisotopic (exact) mass is 271 g/mol. The molecule has 3 rings (SSSR count). The second-order valence-corrected chi connectivity index (χ2v) is 5.47. The summed E-state index contributed by atoms with van der Waals surface area (Å²) in [5.41, 5.74) is 3.69. The Balaban J connectivity index is 2.40. The topological polar surface area (TPSA) is 59.4 Å². The van der Waals surface area contributed by atoms with Crippen molar-refractivity contribution in [1.82, 2.24) is 4.98 Å². The second-order valence-electron chi connectivity index (χ2n) is 5.47. The second kappa shape index (κ2) is 4.56. The number of aryl methyl sites for hydroxylation is 1. The molecule has 0 radical (unpaired) electrons. The highest BCUT2D eigenvalue weighted by Gasteiger charge is 2.30. The van der Waals surface area contributed by atoms with Crippen molar-refractivity contribution in [3.63, 3.8) is 0 Å². The Hall–Kier alpha value is -1.94. The lowest BCUT2D eigenvalue weighted by Gasteiger charge is -2.29. The van der Waals surface area contributed by atoms with E-state index in [1.807, 2.05) is 39.0 Å². The molecule has 1 N–H and O–H groups in total. The minimum Gasteiger partial charge on any atom is -0.478 e. The van der Waals surface area contributed by atoms with Crippen molar-refractivity contribution < 1.29 is 14.6 Å². The molecule has 2 aromatic rings. The third-order valence-electron chi connectivity index (χ3n) is 3.79. The molecule has 4 heteroatoms.